The van der Waals surface area contributed by atoms with Gasteiger partial charge >= 0.3 is 0 Å². The van der Waals surface area contributed by atoms with Gasteiger partial charge in [0.1, 0.15) is 24.4 Å². The average Bonchev–Trinajstić information content (AvgIpc) is 2.58. The highest BCUT2D eigenvalue weighted by molar-refractivity contribution is 5.79. The first-order valence-electron chi connectivity index (χ1n) is 8.67. The Labute approximate surface area is 142 Å². The van der Waals surface area contributed by atoms with Gasteiger partial charge in [-0.3, -0.25) is 4.79 Å². The minimum absolute atomic E-state index is 0.0451. The summed E-state index contributed by atoms with van der Waals surface area (Å²) < 4.78 is 5.43. The van der Waals surface area contributed by atoms with Crippen LogP contribution in [0.5, 0.6) is 0 Å². The zero-order valence-electron chi connectivity index (χ0n) is 14.2. The number of hydrogen-bond acceptors (Lipinski definition) is 7. The van der Waals surface area contributed by atoms with E-state index in [0.29, 0.717) is 6.54 Å². The molecule has 0 saturated carbocycles. The van der Waals surface area contributed by atoms with Crippen molar-refractivity contribution in [2.45, 2.75) is 69.5 Å². The summed E-state index contributed by atoms with van der Waals surface area (Å²) in [5.74, 6) is -1.27. The summed E-state index contributed by atoms with van der Waals surface area (Å²) in [6.07, 6.45) is -2.59. The van der Waals surface area contributed by atoms with Crippen molar-refractivity contribution in [3.63, 3.8) is 0 Å². The van der Waals surface area contributed by atoms with E-state index in [9.17, 15) is 30.3 Å². The van der Waals surface area contributed by atoms with Gasteiger partial charge < -0.3 is 35.6 Å². The first-order valence-corrected chi connectivity index (χ1v) is 8.67. The molecule has 8 heteroatoms. The molecule has 142 valence electrons. The highest BCUT2D eigenvalue weighted by Gasteiger charge is 2.47. The molecular weight excluding hydrogens is 318 g/mol. The Morgan fingerprint density at radius 1 is 1.08 bits per heavy atom. The van der Waals surface area contributed by atoms with Gasteiger partial charge in [0.25, 0.3) is 0 Å². The molecule has 0 aromatic heterocycles. The van der Waals surface area contributed by atoms with Gasteiger partial charge in [0.15, 0.2) is 0 Å². The van der Waals surface area contributed by atoms with Crippen molar-refractivity contribution >= 4 is 5.91 Å². The topological polar surface area (TPSA) is 139 Å². The van der Waals surface area contributed by atoms with E-state index in [4.69, 9.17) is 4.74 Å². The van der Waals surface area contributed by atoms with Gasteiger partial charge in [0.2, 0.25) is 5.91 Å². The van der Waals surface area contributed by atoms with E-state index < -0.39 is 43.0 Å². The van der Waals surface area contributed by atoms with Crippen LogP contribution in [0.15, 0.2) is 0 Å². The van der Waals surface area contributed by atoms with Gasteiger partial charge in [-0.1, -0.05) is 26.2 Å². The lowest BCUT2D eigenvalue weighted by molar-refractivity contribution is -0.240. The molecule has 1 rings (SSSR count). The average molecular weight is 349 g/mol. The highest BCUT2D eigenvalue weighted by Crippen LogP contribution is 2.27. The molecule has 0 aromatic carbocycles. The predicted octanol–water partition coefficient (Wildman–Crippen LogP) is -1.48. The molecule has 8 nitrogen and oxygen atoms in total. The smallest absolute Gasteiger partial charge is 0.225 e. The summed E-state index contributed by atoms with van der Waals surface area (Å²) in [6, 6.07) is 0. The van der Waals surface area contributed by atoms with Crippen LogP contribution < -0.4 is 5.32 Å². The number of unbranched alkanes of at least 4 members (excludes halogenated alkanes) is 3. The Morgan fingerprint density at radius 2 is 1.79 bits per heavy atom. The molecule has 0 spiro atoms. The number of nitrogens with one attached hydrogen (secondary N) is 1. The first-order chi connectivity index (χ1) is 11.5. The number of carbonyl (C=O) groups excluding carboxylic acids is 1. The summed E-state index contributed by atoms with van der Waals surface area (Å²) in [4.78, 5) is 12.4. The van der Waals surface area contributed by atoms with Gasteiger partial charge in [-0.25, -0.2) is 0 Å². The maximum atomic E-state index is 12.4. The summed E-state index contributed by atoms with van der Waals surface area (Å²) in [5.41, 5.74) is 0. The van der Waals surface area contributed by atoms with Crippen molar-refractivity contribution in [1.82, 2.24) is 5.32 Å². The van der Waals surface area contributed by atoms with Crippen LogP contribution in [-0.4, -0.2) is 81.7 Å². The van der Waals surface area contributed by atoms with Crippen molar-refractivity contribution in [2.75, 3.05) is 19.8 Å². The van der Waals surface area contributed by atoms with E-state index in [1.54, 1.807) is 0 Å². The molecule has 0 bridgehead atoms. The molecule has 0 radical (unpaired) electrons. The molecule has 0 aromatic rings. The van der Waals surface area contributed by atoms with Crippen molar-refractivity contribution in [3.8, 4) is 0 Å². The van der Waals surface area contributed by atoms with Crippen LogP contribution in [0.1, 0.15) is 39.0 Å². The van der Waals surface area contributed by atoms with Crippen LogP contribution in [0.4, 0.5) is 0 Å². The van der Waals surface area contributed by atoms with E-state index in [0.717, 1.165) is 25.7 Å². The molecule has 2 unspecified atom stereocenters. The molecular formula is C16H31NO7. The fourth-order valence-electron chi connectivity index (χ4n) is 2.94. The summed E-state index contributed by atoms with van der Waals surface area (Å²) in [6.45, 7) is 1.74. The molecule has 24 heavy (non-hydrogen) atoms. The van der Waals surface area contributed by atoms with Crippen molar-refractivity contribution < 1.29 is 35.1 Å². The Balaban J connectivity index is 2.69. The third kappa shape index (κ3) is 5.65. The molecule has 1 aliphatic heterocycles. The number of aliphatic hydroxyl groups excluding tert-OH is 5. The predicted molar refractivity (Wildman–Crippen MR) is 86.1 cm³/mol. The molecule has 0 aliphatic carbocycles. The fraction of sp³-hybridized carbons (Fsp3) is 0.938. The Morgan fingerprint density at radius 3 is 2.38 bits per heavy atom. The number of hydrogen-bond donors (Lipinski definition) is 6. The number of aliphatic hydroxyl groups is 5. The molecule has 1 amide bonds. The van der Waals surface area contributed by atoms with Crippen LogP contribution in [0.3, 0.4) is 0 Å². The third-order valence-electron chi connectivity index (χ3n) is 4.43. The highest BCUT2D eigenvalue weighted by atomic mass is 16.5. The zero-order chi connectivity index (χ0) is 18.1. The Hall–Kier alpha value is -0.770. The van der Waals surface area contributed by atoms with E-state index in [1.807, 2.05) is 0 Å². The molecule has 6 atom stereocenters. The largest absolute Gasteiger partial charge is 0.396 e. The van der Waals surface area contributed by atoms with E-state index in [-0.39, 0.29) is 18.9 Å². The molecule has 1 fully saturated rings. The van der Waals surface area contributed by atoms with E-state index >= 15 is 0 Å². The summed E-state index contributed by atoms with van der Waals surface area (Å²) in [5, 5.41) is 51.0. The second-order valence-corrected chi connectivity index (χ2v) is 6.26. The number of rotatable bonds is 10. The van der Waals surface area contributed by atoms with E-state index in [2.05, 4.69) is 12.2 Å². The number of amides is 1. The van der Waals surface area contributed by atoms with Crippen LogP contribution in [0.25, 0.3) is 0 Å². The van der Waals surface area contributed by atoms with Crippen LogP contribution in [-0.2, 0) is 9.53 Å². The molecule has 1 aliphatic rings. The first kappa shape index (κ1) is 21.3. The van der Waals surface area contributed by atoms with Crippen LogP contribution >= 0.6 is 0 Å². The Kier molecular flexibility index (Phi) is 9.72. The van der Waals surface area contributed by atoms with Gasteiger partial charge in [-0.2, -0.15) is 0 Å². The van der Waals surface area contributed by atoms with Gasteiger partial charge in [0, 0.05) is 13.2 Å². The fourth-order valence-corrected chi connectivity index (χ4v) is 2.94. The van der Waals surface area contributed by atoms with E-state index in [1.165, 1.54) is 0 Å². The second kappa shape index (κ2) is 11.0. The minimum Gasteiger partial charge on any atom is -0.396 e. The van der Waals surface area contributed by atoms with Crippen molar-refractivity contribution in [3.05, 3.63) is 0 Å². The van der Waals surface area contributed by atoms with Gasteiger partial charge in [0.05, 0.1) is 18.6 Å². The molecule has 6 N–H and O–H groups in total. The standard InChI is InChI=1S/C16H31NO7/c1-2-3-4-5-7-17-16(23)10(6-8-18)15-14(22)13(21)12(20)11(9-19)24-15/h10-15,18-22H,2-9H2,1H3,(H,17,23)/t10?,11-,12+,13+,14-,15?/m1/s1. The van der Waals surface area contributed by atoms with Gasteiger partial charge in [-0.05, 0) is 12.8 Å². The van der Waals surface area contributed by atoms with Crippen LogP contribution in [0.2, 0.25) is 0 Å². The minimum atomic E-state index is -1.53. The van der Waals surface area contributed by atoms with Crippen molar-refractivity contribution in [2.24, 2.45) is 5.92 Å². The normalized spacial score (nSPS) is 31.7. The Bertz CT molecular complexity index is 366. The monoisotopic (exact) mass is 349 g/mol. The quantitative estimate of drug-likeness (QED) is 0.264. The second-order valence-electron chi connectivity index (χ2n) is 6.26. The third-order valence-corrected chi connectivity index (χ3v) is 4.43. The number of carbonyl (C=O) groups is 1. The maximum absolute atomic E-state index is 12.4. The van der Waals surface area contributed by atoms with Gasteiger partial charge in [-0.15, -0.1) is 0 Å². The molecule has 1 heterocycles. The SMILES string of the molecule is CCCCCCNC(=O)C(CCO)C1O[C@H](CO)[C@H](O)[C@H](O)[C@H]1O. The lowest BCUT2D eigenvalue weighted by Gasteiger charge is -2.42. The summed E-state index contributed by atoms with van der Waals surface area (Å²) >= 11 is 0. The number of ether oxygens (including phenoxy) is 1. The summed E-state index contributed by atoms with van der Waals surface area (Å²) in [7, 11) is 0. The van der Waals surface area contributed by atoms with Crippen molar-refractivity contribution in [1.29, 1.82) is 0 Å². The zero-order valence-corrected chi connectivity index (χ0v) is 14.2. The van der Waals surface area contributed by atoms with Crippen LogP contribution in [0, 0.1) is 5.92 Å². The molecule has 1 saturated heterocycles. The lowest BCUT2D eigenvalue weighted by atomic mass is 9.85. The maximum Gasteiger partial charge on any atom is 0.225 e. The lowest BCUT2D eigenvalue weighted by Crippen LogP contribution is -2.62.